The van der Waals surface area contributed by atoms with Crippen molar-refractivity contribution in [3.05, 3.63) is 0 Å². The number of urea groups is 1. The van der Waals surface area contributed by atoms with Crippen LogP contribution < -0.4 is 10.6 Å². The molecule has 88 valence electrons. The second kappa shape index (κ2) is 8.08. The number of hydrogen-bond acceptors (Lipinski definition) is 3. The number of carbonyl (C=O) groups excluding carboxylic acids is 2. The molecule has 0 aliphatic heterocycles. The van der Waals surface area contributed by atoms with Crippen LogP contribution in [0.15, 0.2) is 0 Å². The van der Waals surface area contributed by atoms with Gasteiger partial charge in [-0.1, -0.05) is 13.3 Å². The third-order valence-electron chi connectivity index (χ3n) is 1.80. The molecule has 1 unspecified atom stereocenters. The Bertz CT molecular complexity index is 207. The standard InChI is InChI=1S/C10H20N2O3/c1-4-6-8(3)12-10(14)11-7-9(13)15-5-2/h8H,4-7H2,1-3H3,(H2,11,12,14). The van der Waals surface area contributed by atoms with Crippen LogP contribution in [-0.2, 0) is 9.53 Å². The van der Waals surface area contributed by atoms with Crippen LogP contribution in [0.5, 0.6) is 0 Å². The summed E-state index contributed by atoms with van der Waals surface area (Å²) in [7, 11) is 0. The summed E-state index contributed by atoms with van der Waals surface area (Å²) in [5, 5.41) is 5.15. The van der Waals surface area contributed by atoms with Crippen molar-refractivity contribution in [2.24, 2.45) is 0 Å². The lowest BCUT2D eigenvalue weighted by molar-refractivity contribution is -0.141. The molecule has 2 amide bonds. The van der Waals surface area contributed by atoms with Crippen LogP contribution in [0, 0.1) is 0 Å². The van der Waals surface area contributed by atoms with Crippen LogP contribution in [0.4, 0.5) is 4.79 Å². The van der Waals surface area contributed by atoms with E-state index in [0.717, 1.165) is 12.8 Å². The van der Waals surface area contributed by atoms with Crippen LogP contribution in [0.25, 0.3) is 0 Å². The van der Waals surface area contributed by atoms with Gasteiger partial charge in [-0.2, -0.15) is 0 Å². The number of hydrogen-bond donors (Lipinski definition) is 2. The summed E-state index contributed by atoms with van der Waals surface area (Å²) in [5.74, 6) is -0.421. The summed E-state index contributed by atoms with van der Waals surface area (Å²) in [6.45, 7) is 5.94. The minimum absolute atomic E-state index is 0.0848. The van der Waals surface area contributed by atoms with E-state index in [-0.39, 0.29) is 18.6 Å². The quantitative estimate of drug-likeness (QED) is 0.652. The maximum atomic E-state index is 11.2. The molecule has 0 bridgehead atoms. The number of ether oxygens (including phenoxy) is 1. The first-order chi connectivity index (χ1) is 7.10. The van der Waals surface area contributed by atoms with E-state index in [0.29, 0.717) is 6.61 Å². The Balaban J connectivity index is 3.61. The van der Waals surface area contributed by atoms with Gasteiger partial charge in [0.1, 0.15) is 6.54 Å². The van der Waals surface area contributed by atoms with Gasteiger partial charge in [-0.15, -0.1) is 0 Å². The second-order valence-electron chi connectivity index (χ2n) is 3.32. The molecule has 0 rings (SSSR count). The van der Waals surface area contributed by atoms with Crippen molar-refractivity contribution in [3.63, 3.8) is 0 Å². The molecule has 0 heterocycles. The zero-order valence-electron chi connectivity index (χ0n) is 9.63. The Morgan fingerprint density at radius 3 is 2.53 bits per heavy atom. The predicted octanol–water partition coefficient (Wildman–Crippen LogP) is 1.04. The van der Waals surface area contributed by atoms with Crippen molar-refractivity contribution < 1.29 is 14.3 Å². The smallest absolute Gasteiger partial charge is 0.325 e. The molecule has 0 aliphatic carbocycles. The molecule has 0 aromatic carbocycles. The Morgan fingerprint density at radius 2 is 2.00 bits per heavy atom. The topological polar surface area (TPSA) is 67.4 Å². The van der Waals surface area contributed by atoms with Gasteiger partial charge in [0.05, 0.1) is 6.61 Å². The fraction of sp³-hybridized carbons (Fsp3) is 0.800. The molecule has 2 N–H and O–H groups in total. The normalized spacial score (nSPS) is 11.7. The van der Waals surface area contributed by atoms with E-state index in [9.17, 15) is 9.59 Å². The molecule has 0 fully saturated rings. The number of carbonyl (C=O) groups is 2. The molecule has 0 saturated heterocycles. The monoisotopic (exact) mass is 216 g/mol. The van der Waals surface area contributed by atoms with E-state index < -0.39 is 5.97 Å². The lowest BCUT2D eigenvalue weighted by Crippen LogP contribution is -2.42. The summed E-state index contributed by atoms with van der Waals surface area (Å²) < 4.78 is 4.66. The highest BCUT2D eigenvalue weighted by Crippen LogP contribution is 1.93. The van der Waals surface area contributed by atoms with Crippen LogP contribution in [-0.4, -0.2) is 31.2 Å². The molecule has 1 atom stereocenters. The summed E-state index contributed by atoms with van der Waals surface area (Å²) in [6.07, 6.45) is 1.94. The van der Waals surface area contributed by atoms with Gasteiger partial charge < -0.3 is 15.4 Å². The van der Waals surface area contributed by atoms with E-state index >= 15 is 0 Å². The summed E-state index contributed by atoms with van der Waals surface area (Å²) in [4.78, 5) is 22.1. The SMILES string of the molecule is CCCC(C)NC(=O)NCC(=O)OCC. The Labute approximate surface area is 90.6 Å². The Hall–Kier alpha value is -1.26. The summed E-state index contributed by atoms with van der Waals surface area (Å²) >= 11 is 0. The van der Waals surface area contributed by atoms with Crippen molar-refractivity contribution in [1.82, 2.24) is 10.6 Å². The zero-order chi connectivity index (χ0) is 11.7. The maximum absolute atomic E-state index is 11.2. The molecule has 0 aromatic heterocycles. The van der Waals surface area contributed by atoms with Gasteiger partial charge in [-0.3, -0.25) is 4.79 Å². The molecule has 0 saturated carbocycles. The van der Waals surface area contributed by atoms with Gasteiger partial charge in [0.25, 0.3) is 0 Å². The highest BCUT2D eigenvalue weighted by molar-refractivity contribution is 5.80. The van der Waals surface area contributed by atoms with E-state index in [1.807, 2.05) is 6.92 Å². The highest BCUT2D eigenvalue weighted by atomic mass is 16.5. The fourth-order valence-electron chi connectivity index (χ4n) is 1.14. The first kappa shape index (κ1) is 13.7. The molecule has 0 aromatic rings. The maximum Gasteiger partial charge on any atom is 0.325 e. The van der Waals surface area contributed by atoms with Gasteiger partial charge in [0, 0.05) is 6.04 Å². The van der Waals surface area contributed by atoms with Crippen molar-refractivity contribution in [1.29, 1.82) is 0 Å². The lowest BCUT2D eigenvalue weighted by Gasteiger charge is -2.13. The molecule has 0 spiro atoms. The predicted molar refractivity (Wildman–Crippen MR) is 57.5 cm³/mol. The Kier molecular flexibility index (Phi) is 7.40. The molecule has 5 heteroatoms. The number of nitrogens with one attached hydrogen (secondary N) is 2. The van der Waals surface area contributed by atoms with E-state index in [1.54, 1.807) is 6.92 Å². The third kappa shape index (κ3) is 7.78. The van der Waals surface area contributed by atoms with Crippen LogP contribution in [0.3, 0.4) is 0 Å². The summed E-state index contributed by atoms with van der Waals surface area (Å²) in [6, 6.07) is -0.207. The van der Waals surface area contributed by atoms with E-state index in [2.05, 4.69) is 22.3 Å². The van der Waals surface area contributed by atoms with Gasteiger partial charge in [0.2, 0.25) is 0 Å². The van der Waals surface area contributed by atoms with Gasteiger partial charge >= 0.3 is 12.0 Å². The first-order valence-corrected chi connectivity index (χ1v) is 5.30. The van der Waals surface area contributed by atoms with Crippen LogP contribution in [0.1, 0.15) is 33.6 Å². The molecule has 15 heavy (non-hydrogen) atoms. The van der Waals surface area contributed by atoms with E-state index in [4.69, 9.17) is 0 Å². The lowest BCUT2D eigenvalue weighted by atomic mass is 10.2. The molecule has 0 radical (unpaired) electrons. The Morgan fingerprint density at radius 1 is 1.33 bits per heavy atom. The number of esters is 1. The second-order valence-corrected chi connectivity index (χ2v) is 3.32. The van der Waals surface area contributed by atoms with Gasteiger partial charge in [0.15, 0.2) is 0 Å². The van der Waals surface area contributed by atoms with Crippen LogP contribution >= 0.6 is 0 Å². The van der Waals surface area contributed by atoms with Gasteiger partial charge in [-0.05, 0) is 20.3 Å². The number of rotatable bonds is 6. The van der Waals surface area contributed by atoms with Crippen molar-refractivity contribution in [2.45, 2.75) is 39.7 Å². The van der Waals surface area contributed by atoms with Crippen molar-refractivity contribution in [3.8, 4) is 0 Å². The largest absolute Gasteiger partial charge is 0.465 e. The van der Waals surface area contributed by atoms with Gasteiger partial charge in [-0.25, -0.2) is 4.79 Å². The summed E-state index contributed by atoms with van der Waals surface area (Å²) in [5.41, 5.74) is 0. The molecular weight excluding hydrogens is 196 g/mol. The van der Waals surface area contributed by atoms with Crippen molar-refractivity contribution in [2.75, 3.05) is 13.2 Å². The van der Waals surface area contributed by atoms with Crippen LogP contribution in [0.2, 0.25) is 0 Å². The molecular formula is C10H20N2O3. The number of amides is 2. The van der Waals surface area contributed by atoms with E-state index in [1.165, 1.54) is 0 Å². The minimum atomic E-state index is -0.421. The zero-order valence-corrected chi connectivity index (χ0v) is 9.63. The molecule has 0 aliphatic rings. The third-order valence-corrected chi connectivity index (χ3v) is 1.80. The first-order valence-electron chi connectivity index (χ1n) is 5.30. The van der Waals surface area contributed by atoms with Crippen molar-refractivity contribution >= 4 is 12.0 Å². The average Bonchev–Trinajstić information content (AvgIpc) is 2.15. The molecule has 5 nitrogen and oxygen atoms in total. The highest BCUT2D eigenvalue weighted by Gasteiger charge is 2.07. The average molecular weight is 216 g/mol. The minimum Gasteiger partial charge on any atom is -0.465 e. The fourth-order valence-corrected chi connectivity index (χ4v) is 1.14.